The van der Waals surface area contributed by atoms with E-state index in [1.807, 2.05) is 0 Å². The zero-order valence-electron chi connectivity index (χ0n) is 16.4. The standard InChI is InChI=1S/C23H19ClF2N2O2/c1-23(2,30)17-6-5-13(8-18(17)24)14-9-19(25)16(20(26)10-14)11-28-12-21-15(22(28)29)4-3-7-27-21/h3-10,30H,11-12H2,1-2H3. The van der Waals surface area contributed by atoms with Crippen molar-refractivity contribution in [2.24, 2.45) is 0 Å². The zero-order valence-corrected chi connectivity index (χ0v) is 17.2. The highest BCUT2D eigenvalue weighted by Crippen LogP contribution is 2.33. The van der Waals surface area contributed by atoms with Gasteiger partial charge in [0.15, 0.2) is 0 Å². The van der Waals surface area contributed by atoms with E-state index in [0.717, 1.165) is 0 Å². The summed E-state index contributed by atoms with van der Waals surface area (Å²) in [4.78, 5) is 18.0. The minimum Gasteiger partial charge on any atom is -0.386 e. The van der Waals surface area contributed by atoms with Crippen LogP contribution in [-0.2, 0) is 18.7 Å². The summed E-state index contributed by atoms with van der Waals surface area (Å²) in [6.07, 6.45) is 1.58. The van der Waals surface area contributed by atoms with Crippen molar-refractivity contribution in [2.45, 2.75) is 32.5 Å². The molecule has 154 valence electrons. The number of rotatable bonds is 4. The Bertz CT molecular complexity index is 1140. The van der Waals surface area contributed by atoms with Gasteiger partial charge >= 0.3 is 0 Å². The quantitative estimate of drug-likeness (QED) is 0.631. The Balaban J connectivity index is 1.62. The monoisotopic (exact) mass is 428 g/mol. The molecular formula is C23H19ClF2N2O2. The molecule has 0 unspecified atom stereocenters. The highest BCUT2D eigenvalue weighted by Gasteiger charge is 2.29. The zero-order chi connectivity index (χ0) is 21.6. The Hall–Kier alpha value is -2.83. The fourth-order valence-electron chi connectivity index (χ4n) is 3.61. The number of benzene rings is 2. The average Bonchev–Trinajstić information content (AvgIpc) is 2.99. The number of amides is 1. The van der Waals surface area contributed by atoms with Crippen LogP contribution in [0.15, 0.2) is 48.7 Å². The van der Waals surface area contributed by atoms with Crippen molar-refractivity contribution < 1.29 is 18.7 Å². The maximum Gasteiger partial charge on any atom is 0.256 e. The van der Waals surface area contributed by atoms with Crippen LogP contribution in [0, 0.1) is 11.6 Å². The van der Waals surface area contributed by atoms with Gasteiger partial charge in [0.25, 0.3) is 5.91 Å². The number of hydrogen-bond donors (Lipinski definition) is 1. The number of fused-ring (bicyclic) bond motifs is 1. The van der Waals surface area contributed by atoms with Gasteiger partial charge in [-0.1, -0.05) is 23.7 Å². The lowest BCUT2D eigenvalue weighted by Gasteiger charge is -2.20. The van der Waals surface area contributed by atoms with Crippen molar-refractivity contribution in [3.8, 4) is 11.1 Å². The van der Waals surface area contributed by atoms with Crippen LogP contribution in [0.3, 0.4) is 0 Å². The molecule has 1 aliphatic heterocycles. The van der Waals surface area contributed by atoms with E-state index in [4.69, 9.17) is 11.6 Å². The predicted octanol–water partition coefficient (Wildman–Crippen LogP) is 5.06. The number of halogens is 3. The molecule has 7 heteroatoms. The molecule has 4 rings (SSSR count). The van der Waals surface area contributed by atoms with Gasteiger partial charge in [-0.15, -0.1) is 0 Å². The molecule has 1 N–H and O–H groups in total. The summed E-state index contributed by atoms with van der Waals surface area (Å²) in [5, 5.41) is 10.4. The second-order valence-electron chi connectivity index (χ2n) is 7.83. The van der Waals surface area contributed by atoms with Crippen molar-refractivity contribution in [1.29, 1.82) is 0 Å². The van der Waals surface area contributed by atoms with E-state index >= 15 is 0 Å². The Morgan fingerprint density at radius 2 is 1.83 bits per heavy atom. The van der Waals surface area contributed by atoms with Crippen molar-refractivity contribution in [2.75, 3.05) is 0 Å². The van der Waals surface area contributed by atoms with Crippen LogP contribution in [0.2, 0.25) is 5.02 Å². The van der Waals surface area contributed by atoms with Gasteiger partial charge in [-0.2, -0.15) is 0 Å². The Morgan fingerprint density at radius 3 is 2.43 bits per heavy atom. The maximum atomic E-state index is 14.8. The van der Waals surface area contributed by atoms with E-state index in [0.29, 0.717) is 33.0 Å². The summed E-state index contributed by atoms with van der Waals surface area (Å²) in [5.41, 5.74) is 1.09. The first-order chi connectivity index (χ1) is 14.1. The van der Waals surface area contributed by atoms with E-state index in [2.05, 4.69) is 4.98 Å². The molecule has 0 bridgehead atoms. The number of carbonyl (C=O) groups is 1. The van der Waals surface area contributed by atoms with Crippen molar-refractivity contribution in [1.82, 2.24) is 9.88 Å². The number of aliphatic hydroxyl groups is 1. The smallest absolute Gasteiger partial charge is 0.256 e. The first-order valence-corrected chi connectivity index (χ1v) is 9.77. The Labute approximate surface area is 177 Å². The Morgan fingerprint density at radius 1 is 1.13 bits per heavy atom. The Kier molecular flexibility index (Phi) is 5.08. The molecule has 0 saturated heterocycles. The molecule has 0 atom stereocenters. The lowest BCUT2D eigenvalue weighted by molar-refractivity contribution is 0.0761. The van der Waals surface area contributed by atoms with Crippen LogP contribution in [0.25, 0.3) is 11.1 Å². The van der Waals surface area contributed by atoms with Gasteiger partial charge < -0.3 is 10.0 Å². The largest absolute Gasteiger partial charge is 0.386 e. The maximum absolute atomic E-state index is 14.8. The van der Waals surface area contributed by atoms with E-state index in [1.165, 1.54) is 17.0 Å². The summed E-state index contributed by atoms with van der Waals surface area (Å²) in [5.74, 6) is -1.79. The number of pyridine rings is 1. The molecule has 3 aromatic rings. The van der Waals surface area contributed by atoms with Crippen LogP contribution in [-0.4, -0.2) is 20.9 Å². The molecule has 1 aromatic heterocycles. The highest BCUT2D eigenvalue weighted by molar-refractivity contribution is 6.31. The number of nitrogens with zero attached hydrogens (tertiary/aromatic N) is 2. The van der Waals surface area contributed by atoms with Gasteiger partial charge in [0.05, 0.1) is 29.9 Å². The lowest BCUT2D eigenvalue weighted by atomic mass is 9.95. The van der Waals surface area contributed by atoms with Crippen LogP contribution in [0.4, 0.5) is 8.78 Å². The van der Waals surface area contributed by atoms with Gasteiger partial charge in [-0.25, -0.2) is 8.78 Å². The number of aromatic nitrogens is 1. The van der Waals surface area contributed by atoms with Crippen molar-refractivity contribution in [3.05, 3.63) is 87.7 Å². The molecule has 1 amide bonds. The summed E-state index contributed by atoms with van der Waals surface area (Å²) >= 11 is 6.25. The fourth-order valence-corrected chi connectivity index (χ4v) is 4.02. The first-order valence-electron chi connectivity index (χ1n) is 9.39. The molecule has 0 fully saturated rings. The highest BCUT2D eigenvalue weighted by atomic mass is 35.5. The second kappa shape index (κ2) is 7.45. The van der Waals surface area contributed by atoms with E-state index < -0.39 is 17.2 Å². The van der Waals surface area contributed by atoms with Crippen LogP contribution in [0.5, 0.6) is 0 Å². The van der Waals surface area contributed by atoms with Gasteiger partial charge in [0.2, 0.25) is 0 Å². The molecule has 2 aromatic carbocycles. The van der Waals surface area contributed by atoms with Crippen LogP contribution in [0.1, 0.15) is 41.0 Å². The second-order valence-corrected chi connectivity index (χ2v) is 8.24. The third-order valence-corrected chi connectivity index (χ3v) is 5.51. The minimum atomic E-state index is -1.13. The van der Waals surface area contributed by atoms with E-state index in [-0.39, 0.29) is 24.6 Å². The van der Waals surface area contributed by atoms with E-state index in [9.17, 15) is 18.7 Å². The summed E-state index contributed by atoms with van der Waals surface area (Å²) in [6, 6.07) is 10.6. The summed E-state index contributed by atoms with van der Waals surface area (Å²) in [7, 11) is 0. The number of carbonyl (C=O) groups excluding carboxylic acids is 1. The third-order valence-electron chi connectivity index (χ3n) is 5.20. The lowest BCUT2D eigenvalue weighted by Crippen LogP contribution is -2.24. The van der Waals surface area contributed by atoms with Crippen molar-refractivity contribution >= 4 is 17.5 Å². The van der Waals surface area contributed by atoms with Crippen molar-refractivity contribution in [3.63, 3.8) is 0 Å². The molecule has 30 heavy (non-hydrogen) atoms. The van der Waals surface area contributed by atoms with Gasteiger partial charge in [0.1, 0.15) is 11.6 Å². The molecule has 2 heterocycles. The molecule has 0 radical (unpaired) electrons. The SMILES string of the molecule is CC(C)(O)c1ccc(-c2cc(F)c(CN3Cc4ncccc4C3=O)c(F)c2)cc1Cl. The predicted molar refractivity (Wildman–Crippen MR) is 110 cm³/mol. The van der Waals surface area contributed by atoms with Crippen LogP contribution >= 0.6 is 11.6 Å². The number of hydrogen-bond acceptors (Lipinski definition) is 3. The molecule has 1 aliphatic rings. The molecule has 0 spiro atoms. The summed E-state index contributed by atoms with van der Waals surface area (Å²) in [6.45, 7) is 3.24. The molecular weight excluding hydrogens is 410 g/mol. The fraction of sp³-hybridized carbons (Fsp3) is 0.217. The first kappa shape index (κ1) is 20.4. The molecule has 0 saturated carbocycles. The summed E-state index contributed by atoms with van der Waals surface area (Å²) < 4.78 is 29.6. The van der Waals surface area contributed by atoms with Gasteiger partial charge in [-0.05, 0) is 55.3 Å². The normalized spacial score (nSPS) is 13.7. The van der Waals surface area contributed by atoms with E-state index in [1.54, 1.807) is 50.4 Å². The average molecular weight is 429 g/mol. The molecule has 4 nitrogen and oxygen atoms in total. The minimum absolute atomic E-state index is 0.181. The van der Waals surface area contributed by atoms with Crippen LogP contribution < -0.4 is 0 Å². The van der Waals surface area contributed by atoms with Gasteiger partial charge in [0, 0.05) is 22.3 Å². The van der Waals surface area contributed by atoms with Gasteiger partial charge in [-0.3, -0.25) is 9.78 Å². The third kappa shape index (κ3) is 3.68. The topological polar surface area (TPSA) is 53.4 Å². The molecule has 0 aliphatic carbocycles.